The Bertz CT molecular complexity index is 756. The van der Waals surface area contributed by atoms with E-state index in [2.05, 4.69) is 11.6 Å². The summed E-state index contributed by atoms with van der Waals surface area (Å²) in [5.41, 5.74) is 3.45. The Labute approximate surface area is 109 Å². The van der Waals surface area contributed by atoms with Crippen LogP contribution >= 0.6 is 0 Å². The van der Waals surface area contributed by atoms with Gasteiger partial charge < -0.3 is 10.1 Å². The first-order valence-corrected chi connectivity index (χ1v) is 5.90. The Kier molecular flexibility index (Phi) is 2.60. The molecule has 0 saturated heterocycles. The summed E-state index contributed by atoms with van der Waals surface area (Å²) < 4.78 is 12.9. The van der Waals surface area contributed by atoms with Crippen LogP contribution in [0.25, 0.3) is 27.8 Å². The predicted molar refractivity (Wildman–Crippen MR) is 75.4 cm³/mol. The van der Waals surface area contributed by atoms with Crippen molar-refractivity contribution < 1.29 is 9.50 Å². The number of hydrogen-bond acceptors (Lipinski definition) is 1. The van der Waals surface area contributed by atoms with Gasteiger partial charge in [-0.25, -0.2) is 4.39 Å². The van der Waals surface area contributed by atoms with Gasteiger partial charge in [0.15, 0.2) is 0 Å². The average Bonchev–Trinajstić information content (AvgIpc) is 2.82. The number of fused-ring (bicyclic) bond motifs is 1. The van der Waals surface area contributed by atoms with Crippen molar-refractivity contribution in [3.8, 4) is 11.1 Å². The van der Waals surface area contributed by atoms with E-state index in [1.807, 2.05) is 24.3 Å². The lowest BCUT2D eigenvalue weighted by Gasteiger charge is -2.01. The zero-order chi connectivity index (χ0) is 13.4. The van der Waals surface area contributed by atoms with Crippen LogP contribution in [0.2, 0.25) is 0 Å². The Morgan fingerprint density at radius 1 is 1.00 bits per heavy atom. The molecule has 0 atom stereocenters. The molecule has 3 aromatic rings. The first kappa shape index (κ1) is 11.5. The van der Waals surface area contributed by atoms with E-state index in [0.29, 0.717) is 5.69 Å². The zero-order valence-electron chi connectivity index (χ0n) is 10.2. The summed E-state index contributed by atoms with van der Waals surface area (Å²) in [6.07, 6.45) is 0. The quantitative estimate of drug-likeness (QED) is 0.648. The van der Waals surface area contributed by atoms with E-state index in [9.17, 15) is 9.50 Å². The van der Waals surface area contributed by atoms with Crippen LogP contribution in [-0.2, 0) is 0 Å². The molecule has 1 aromatic heterocycles. The van der Waals surface area contributed by atoms with Gasteiger partial charge in [-0.1, -0.05) is 30.8 Å². The topological polar surface area (TPSA) is 36.0 Å². The fraction of sp³-hybridized carbons (Fsp3) is 0. The second-order valence-corrected chi connectivity index (χ2v) is 4.44. The lowest BCUT2D eigenvalue weighted by Crippen LogP contribution is -1.80. The second kappa shape index (κ2) is 4.28. The molecule has 0 bridgehead atoms. The number of aromatic nitrogens is 1. The molecule has 19 heavy (non-hydrogen) atoms. The van der Waals surface area contributed by atoms with Crippen molar-refractivity contribution in [1.82, 2.24) is 4.98 Å². The van der Waals surface area contributed by atoms with E-state index in [1.54, 1.807) is 12.1 Å². The minimum absolute atomic E-state index is 0.0135. The summed E-state index contributed by atoms with van der Waals surface area (Å²) >= 11 is 0. The molecule has 2 aromatic carbocycles. The van der Waals surface area contributed by atoms with Crippen LogP contribution in [0.1, 0.15) is 5.69 Å². The Morgan fingerprint density at radius 2 is 1.68 bits per heavy atom. The van der Waals surface area contributed by atoms with Gasteiger partial charge >= 0.3 is 0 Å². The maximum atomic E-state index is 12.9. The van der Waals surface area contributed by atoms with Gasteiger partial charge in [-0.2, -0.15) is 0 Å². The van der Waals surface area contributed by atoms with Crippen LogP contribution in [-0.4, -0.2) is 10.1 Å². The van der Waals surface area contributed by atoms with Crippen molar-refractivity contribution >= 4 is 16.7 Å². The molecular formula is C16H12FNO. The van der Waals surface area contributed by atoms with Crippen LogP contribution in [0, 0.1) is 5.82 Å². The molecule has 0 fully saturated rings. The van der Waals surface area contributed by atoms with Crippen molar-refractivity contribution in [2.75, 3.05) is 0 Å². The van der Waals surface area contributed by atoms with Gasteiger partial charge in [0, 0.05) is 10.9 Å². The number of H-pyrrole nitrogens is 1. The molecule has 0 aliphatic rings. The van der Waals surface area contributed by atoms with Crippen molar-refractivity contribution in [2.24, 2.45) is 0 Å². The van der Waals surface area contributed by atoms with Crippen molar-refractivity contribution in [3.05, 3.63) is 66.6 Å². The molecule has 0 unspecified atom stereocenters. The maximum Gasteiger partial charge on any atom is 0.131 e. The lowest BCUT2D eigenvalue weighted by atomic mass is 10.0. The number of halogens is 1. The van der Waals surface area contributed by atoms with Crippen LogP contribution in [0.4, 0.5) is 4.39 Å². The number of benzene rings is 2. The standard InChI is InChI=1S/C16H12FNO/c1-10(19)15-9-13-3-2-12(8-16(13)18-15)11-4-6-14(17)7-5-11/h2-9,18-19H,1H2. The Balaban J connectivity index is 2.10. The fourth-order valence-corrected chi connectivity index (χ4v) is 2.10. The first-order valence-electron chi connectivity index (χ1n) is 5.90. The molecule has 94 valence electrons. The van der Waals surface area contributed by atoms with Crippen LogP contribution in [0.15, 0.2) is 55.1 Å². The third-order valence-corrected chi connectivity index (χ3v) is 3.11. The fourth-order valence-electron chi connectivity index (χ4n) is 2.10. The minimum atomic E-state index is -0.247. The van der Waals surface area contributed by atoms with Crippen LogP contribution in [0.3, 0.4) is 0 Å². The highest BCUT2D eigenvalue weighted by Crippen LogP contribution is 2.26. The highest BCUT2D eigenvalue weighted by atomic mass is 19.1. The Hall–Kier alpha value is -2.55. The molecule has 2 N–H and O–H groups in total. The number of aliphatic hydroxyl groups excluding tert-OH is 1. The molecule has 2 nitrogen and oxygen atoms in total. The highest BCUT2D eigenvalue weighted by Gasteiger charge is 2.05. The summed E-state index contributed by atoms with van der Waals surface area (Å²) in [5.74, 6) is -0.233. The smallest absolute Gasteiger partial charge is 0.131 e. The summed E-state index contributed by atoms with van der Waals surface area (Å²) in [5, 5.41) is 10.4. The van der Waals surface area contributed by atoms with Gasteiger partial charge in [-0.15, -0.1) is 0 Å². The molecule has 3 heteroatoms. The molecule has 0 radical (unpaired) electrons. The summed E-state index contributed by atoms with van der Waals surface area (Å²) in [6, 6.07) is 14.1. The third-order valence-electron chi connectivity index (χ3n) is 3.11. The van der Waals surface area contributed by atoms with Crippen molar-refractivity contribution in [1.29, 1.82) is 0 Å². The summed E-state index contributed by atoms with van der Waals surface area (Å²) in [7, 11) is 0. The normalized spacial score (nSPS) is 10.8. The summed E-state index contributed by atoms with van der Waals surface area (Å²) in [4.78, 5) is 3.09. The molecule has 1 heterocycles. The first-order chi connectivity index (χ1) is 9.13. The second-order valence-electron chi connectivity index (χ2n) is 4.44. The number of aliphatic hydroxyl groups is 1. The van der Waals surface area contributed by atoms with Gasteiger partial charge in [-0.05, 0) is 35.4 Å². The Morgan fingerprint density at radius 3 is 2.37 bits per heavy atom. The number of aromatic amines is 1. The number of hydrogen-bond donors (Lipinski definition) is 2. The van der Waals surface area contributed by atoms with Gasteiger partial charge in [0.05, 0.1) is 5.69 Å². The number of nitrogens with one attached hydrogen (secondary N) is 1. The van der Waals surface area contributed by atoms with E-state index < -0.39 is 0 Å². The third kappa shape index (κ3) is 2.10. The van der Waals surface area contributed by atoms with E-state index in [-0.39, 0.29) is 11.6 Å². The van der Waals surface area contributed by atoms with Crippen LogP contribution in [0.5, 0.6) is 0 Å². The summed E-state index contributed by atoms with van der Waals surface area (Å²) in [6.45, 7) is 3.49. The molecule has 0 amide bonds. The van der Waals surface area contributed by atoms with Gasteiger partial charge in [-0.3, -0.25) is 0 Å². The zero-order valence-corrected chi connectivity index (χ0v) is 10.2. The largest absolute Gasteiger partial charge is 0.506 e. The molecule has 0 aliphatic carbocycles. The van der Waals surface area contributed by atoms with E-state index >= 15 is 0 Å². The van der Waals surface area contributed by atoms with Crippen molar-refractivity contribution in [2.45, 2.75) is 0 Å². The van der Waals surface area contributed by atoms with Gasteiger partial charge in [0.1, 0.15) is 11.6 Å². The molecular weight excluding hydrogens is 241 g/mol. The maximum absolute atomic E-state index is 12.9. The average molecular weight is 253 g/mol. The molecule has 0 spiro atoms. The molecule has 0 aliphatic heterocycles. The predicted octanol–water partition coefficient (Wildman–Crippen LogP) is 4.50. The lowest BCUT2D eigenvalue weighted by molar-refractivity contribution is 0.511. The molecule has 0 saturated carbocycles. The highest BCUT2D eigenvalue weighted by molar-refractivity contribution is 5.87. The van der Waals surface area contributed by atoms with E-state index in [4.69, 9.17) is 0 Å². The van der Waals surface area contributed by atoms with Gasteiger partial charge in [0.25, 0.3) is 0 Å². The molecule has 3 rings (SSSR count). The van der Waals surface area contributed by atoms with E-state index in [0.717, 1.165) is 22.0 Å². The monoisotopic (exact) mass is 253 g/mol. The minimum Gasteiger partial charge on any atom is -0.506 e. The van der Waals surface area contributed by atoms with E-state index in [1.165, 1.54) is 12.1 Å². The van der Waals surface area contributed by atoms with Crippen molar-refractivity contribution in [3.63, 3.8) is 0 Å². The van der Waals surface area contributed by atoms with Gasteiger partial charge in [0.2, 0.25) is 0 Å². The number of rotatable bonds is 2. The van der Waals surface area contributed by atoms with Crippen LogP contribution < -0.4 is 0 Å². The SMILES string of the molecule is C=C(O)c1cc2ccc(-c3ccc(F)cc3)cc2[nH]1.